The first-order valence-electron chi connectivity index (χ1n) is 7.70. The first kappa shape index (κ1) is 17.2. The summed E-state index contributed by atoms with van der Waals surface area (Å²) in [6.07, 6.45) is -0.105. The highest BCUT2D eigenvalue weighted by Crippen LogP contribution is 2.34. The fraction of sp³-hybridized carbons (Fsp3) is 0.294. The zero-order chi connectivity index (χ0) is 18.0. The van der Waals surface area contributed by atoms with Gasteiger partial charge in [-0.1, -0.05) is 16.8 Å². The van der Waals surface area contributed by atoms with E-state index in [9.17, 15) is 4.79 Å². The Labute approximate surface area is 148 Å². The molecule has 3 rings (SSSR count). The lowest BCUT2D eigenvalue weighted by molar-refractivity contribution is -0.136. The van der Waals surface area contributed by atoms with Crippen LogP contribution in [0.5, 0.6) is 5.75 Å². The number of fused-ring (bicyclic) bond motifs is 1. The Kier molecular flexibility index (Phi) is 4.85. The lowest BCUT2D eigenvalue weighted by atomic mass is 10.1. The molecule has 7 nitrogen and oxygen atoms in total. The summed E-state index contributed by atoms with van der Waals surface area (Å²) in [5.74, 6) is -0.458. The van der Waals surface area contributed by atoms with Gasteiger partial charge in [-0.05, 0) is 32.0 Å². The molecule has 0 bridgehead atoms. The third-order valence-electron chi connectivity index (χ3n) is 3.71. The number of aromatic nitrogens is 3. The van der Waals surface area contributed by atoms with E-state index in [1.807, 2.05) is 26.0 Å². The van der Waals surface area contributed by atoms with E-state index in [0.29, 0.717) is 33.1 Å². The van der Waals surface area contributed by atoms with Crippen molar-refractivity contribution >= 4 is 28.5 Å². The van der Waals surface area contributed by atoms with Crippen molar-refractivity contribution in [3.8, 4) is 5.75 Å². The van der Waals surface area contributed by atoms with Crippen LogP contribution >= 0.6 is 11.6 Å². The number of aliphatic carboxylic acids is 1. The van der Waals surface area contributed by atoms with Crippen molar-refractivity contribution in [3.63, 3.8) is 0 Å². The summed E-state index contributed by atoms with van der Waals surface area (Å²) in [6, 6.07) is 7.02. The number of carboxylic acid groups (broad SMARTS) is 1. The van der Waals surface area contributed by atoms with Gasteiger partial charge in [0.25, 0.3) is 0 Å². The van der Waals surface area contributed by atoms with Gasteiger partial charge in [0, 0.05) is 17.9 Å². The second kappa shape index (κ2) is 7.06. The normalized spacial score (nSPS) is 12.3. The molecule has 2 aromatic heterocycles. The highest BCUT2D eigenvalue weighted by atomic mass is 35.5. The lowest BCUT2D eigenvalue weighted by Gasteiger charge is -2.14. The Morgan fingerprint density at radius 1 is 1.36 bits per heavy atom. The molecule has 0 radical (unpaired) electrons. The zero-order valence-electron chi connectivity index (χ0n) is 13.7. The number of carboxylic acids is 1. The van der Waals surface area contributed by atoms with E-state index in [1.165, 1.54) is 0 Å². The average molecular weight is 362 g/mol. The third kappa shape index (κ3) is 3.88. The largest absolute Gasteiger partial charge is 0.483 e. The predicted molar refractivity (Wildman–Crippen MR) is 90.8 cm³/mol. The highest BCUT2D eigenvalue weighted by molar-refractivity contribution is 6.32. The van der Waals surface area contributed by atoms with Crippen LogP contribution in [0.2, 0.25) is 5.02 Å². The summed E-state index contributed by atoms with van der Waals surface area (Å²) in [7, 11) is 0. The van der Waals surface area contributed by atoms with Crippen molar-refractivity contribution in [1.29, 1.82) is 0 Å². The fourth-order valence-electron chi connectivity index (χ4n) is 2.36. The van der Waals surface area contributed by atoms with Gasteiger partial charge in [-0.2, -0.15) is 10.2 Å². The summed E-state index contributed by atoms with van der Waals surface area (Å²) in [5.41, 5.74) is 2.55. The highest BCUT2D eigenvalue weighted by Gasteiger charge is 2.17. The average Bonchev–Trinajstić information content (AvgIpc) is 2.95. The monoisotopic (exact) mass is 361 g/mol. The van der Waals surface area contributed by atoms with Crippen LogP contribution in [0.4, 0.5) is 0 Å². The molecule has 0 fully saturated rings. The number of hydrogen-bond donors (Lipinski definition) is 1. The maximum atomic E-state index is 10.7. The van der Waals surface area contributed by atoms with Gasteiger partial charge in [0.15, 0.2) is 5.58 Å². The molecule has 3 aromatic rings. The summed E-state index contributed by atoms with van der Waals surface area (Å²) in [4.78, 5) is 10.7. The van der Waals surface area contributed by atoms with Crippen LogP contribution in [0.1, 0.15) is 36.5 Å². The minimum absolute atomic E-state index is 0.0272. The molecule has 0 spiro atoms. The Balaban J connectivity index is 1.83. The van der Waals surface area contributed by atoms with Crippen molar-refractivity contribution in [2.45, 2.75) is 32.8 Å². The summed E-state index contributed by atoms with van der Waals surface area (Å²) >= 11 is 6.30. The summed E-state index contributed by atoms with van der Waals surface area (Å²) < 4.78 is 11.1. The minimum Gasteiger partial charge on any atom is -0.483 e. The van der Waals surface area contributed by atoms with Gasteiger partial charge in [0.2, 0.25) is 0 Å². The van der Waals surface area contributed by atoms with E-state index in [0.717, 1.165) is 5.69 Å². The quantitative estimate of drug-likeness (QED) is 0.714. The van der Waals surface area contributed by atoms with Crippen LogP contribution in [0.3, 0.4) is 0 Å². The molecule has 1 unspecified atom stereocenters. The molecular weight excluding hydrogens is 346 g/mol. The molecule has 2 heterocycles. The fourth-order valence-corrected chi connectivity index (χ4v) is 2.57. The maximum absolute atomic E-state index is 10.7. The Bertz CT molecular complexity index is 908. The summed E-state index contributed by atoms with van der Waals surface area (Å²) in [5, 5.41) is 21.9. The molecule has 8 heteroatoms. The molecule has 1 N–H and O–H groups in total. The topological polar surface area (TPSA) is 98.3 Å². The van der Waals surface area contributed by atoms with Crippen LogP contribution in [-0.2, 0) is 11.2 Å². The molecule has 1 aromatic carbocycles. The Hall–Kier alpha value is -2.67. The van der Waals surface area contributed by atoms with E-state index in [2.05, 4.69) is 15.4 Å². The minimum atomic E-state index is -0.893. The van der Waals surface area contributed by atoms with Gasteiger partial charge < -0.3 is 14.4 Å². The van der Waals surface area contributed by atoms with Crippen molar-refractivity contribution in [1.82, 2.24) is 15.4 Å². The molecule has 0 aliphatic heterocycles. The Morgan fingerprint density at radius 3 is 2.84 bits per heavy atom. The molecule has 0 aliphatic carbocycles. The standard InChI is InChI=1S/C17H16ClN3O4/c1-9-3-4-13(20-19-9)10(2)24-16-8-15-11(7-12(16)18)14(21-25-15)5-6-17(22)23/h3-4,7-8,10H,5-6H2,1-2H3,(H,22,23). The number of benzene rings is 1. The van der Waals surface area contributed by atoms with Crippen molar-refractivity contribution in [2.24, 2.45) is 0 Å². The van der Waals surface area contributed by atoms with Crippen LogP contribution in [0, 0.1) is 6.92 Å². The molecular formula is C17H16ClN3O4. The molecule has 1 atom stereocenters. The number of nitrogens with zero attached hydrogens (tertiary/aromatic N) is 3. The number of carbonyl (C=O) groups is 1. The number of rotatable bonds is 6. The van der Waals surface area contributed by atoms with Crippen molar-refractivity contribution in [3.05, 3.63) is 46.4 Å². The van der Waals surface area contributed by atoms with E-state index in [-0.39, 0.29) is 18.9 Å². The third-order valence-corrected chi connectivity index (χ3v) is 4.01. The van der Waals surface area contributed by atoms with Crippen molar-refractivity contribution in [2.75, 3.05) is 0 Å². The van der Waals surface area contributed by atoms with Gasteiger partial charge >= 0.3 is 5.97 Å². The number of ether oxygens (including phenoxy) is 1. The number of hydrogen-bond acceptors (Lipinski definition) is 6. The van der Waals surface area contributed by atoms with Gasteiger partial charge in [0.1, 0.15) is 17.5 Å². The van der Waals surface area contributed by atoms with Crippen LogP contribution in [0.25, 0.3) is 11.0 Å². The smallest absolute Gasteiger partial charge is 0.303 e. The molecule has 0 saturated heterocycles. The molecule has 0 aliphatic rings. The van der Waals surface area contributed by atoms with Gasteiger partial charge in [-0.15, -0.1) is 0 Å². The molecule has 25 heavy (non-hydrogen) atoms. The van der Waals surface area contributed by atoms with E-state index in [1.54, 1.807) is 12.1 Å². The molecule has 0 saturated carbocycles. The second-order valence-corrected chi connectivity index (χ2v) is 6.07. The Morgan fingerprint density at radius 2 is 2.16 bits per heavy atom. The summed E-state index contributed by atoms with van der Waals surface area (Å²) in [6.45, 7) is 3.71. The second-order valence-electron chi connectivity index (χ2n) is 5.66. The predicted octanol–water partition coefficient (Wildman–Crippen LogP) is 3.74. The van der Waals surface area contributed by atoms with Crippen LogP contribution in [-0.4, -0.2) is 26.4 Å². The SMILES string of the molecule is Cc1ccc(C(C)Oc2cc3onc(CCC(=O)O)c3cc2Cl)nn1. The van der Waals surface area contributed by atoms with Crippen LogP contribution < -0.4 is 4.74 Å². The van der Waals surface area contributed by atoms with E-state index in [4.69, 9.17) is 26.0 Å². The zero-order valence-corrected chi connectivity index (χ0v) is 14.4. The number of halogens is 1. The first-order chi connectivity index (χ1) is 11.9. The van der Waals surface area contributed by atoms with Crippen LogP contribution in [0.15, 0.2) is 28.8 Å². The lowest BCUT2D eigenvalue weighted by Crippen LogP contribution is -2.07. The molecule has 130 valence electrons. The van der Waals surface area contributed by atoms with Gasteiger partial charge in [-0.3, -0.25) is 4.79 Å². The molecule has 0 amide bonds. The van der Waals surface area contributed by atoms with Gasteiger partial charge in [-0.25, -0.2) is 0 Å². The van der Waals surface area contributed by atoms with Crippen molar-refractivity contribution < 1.29 is 19.2 Å². The first-order valence-corrected chi connectivity index (χ1v) is 8.08. The number of aryl methyl sites for hydroxylation is 2. The maximum Gasteiger partial charge on any atom is 0.303 e. The van der Waals surface area contributed by atoms with E-state index < -0.39 is 5.97 Å². The van der Waals surface area contributed by atoms with Gasteiger partial charge in [0.05, 0.1) is 22.8 Å². The van der Waals surface area contributed by atoms with E-state index >= 15 is 0 Å².